The van der Waals surface area contributed by atoms with Crippen LogP contribution < -0.4 is 4.31 Å². The number of carbonyl (C=O) groups is 1. The normalized spacial score (nSPS) is 19.6. The smallest absolute Gasteiger partial charge is 0.264 e. The number of likely N-dealkylation sites (N-methyl/N-ethyl adjacent to an activating group) is 1. The van der Waals surface area contributed by atoms with Gasteiger partial charge in [0.25, 0.3) is 10.0 Å². The molecule has 3 rings (SSSR count). The van der Waals surface area contributed by atoms with Crippen LogP contribution in [0.1, 0.15) is 25.7 Å². The summed E-state index contributed by atoms with van der Waals surface area (Å²) in [7, 11) is -2.34. The second-order valence-corrected chi connectivity index (χ2v) is 9.52. The summed E-state index contributed by atoms with van der Waals surface area (Å²) in [5.41, 5.74) is 0.351. The van der Waals surface area contributed by atoms with E-state index in [1.165, 1.54) is 17.0 Å². The average molecular weight is 437 g/mol. The molecule has 6 nitrogen and oxygen atoms in total. The van der Waals surface area contributed by atoms with E-state index < -0.39 is 16.1 Å². The lowest BCUT2D eigenvalue weighted by Gasteiger charge is -2.36. The zero-order valence-corrected chi connectivity index (χ0v) is 17.8. The van der Waals surface area contributed by atoms with Crippen LogP contribution in [-0.2, 0) is 14.8 Å². The van der Waals surface area contributed by atoms with Crippen molar-refractivity contribution in [1.29, 1.82) is 0 Å². The van der Waals surface area contributed by atoms with Crippen molar-refractivity contribution in [3.8, 4) is 0 Å². The number of sulfonamides is 1. The lowest BCUT2D eigenvalue weighted by atomic mass is 9.91. The molecule has 0 heterocycles. The van der Waals surface area contributed by atoms with Crippen molar-refractivity contribution < 1.29 is 18.3 Å². The third-order valence-corrected chi connectivity index (χ3v) is 7.35. The quantitative estimate of drug-likeness (QED) is 0.753. The molecule has 29 heavy (non-hydrogen) atoms. The number of hydrogen-bond acceptors (Lipinski definition) is 4. The number of carbonyl (C=O) groups excluding carboxylic acids is 1. The van der Waals surface area contributed by atoms with Crippen LogP contribution in [0.3, 0.4) is 0 Å². The van der Waals surface area contributed by atoms with Gasteiger partial charge in [0.1, 0.15) is 6.54 Å². The maximum atomic E-state index is 13.3. The van der Waals surface area contributed by atoms with Crippen molar-refractivity contribution in [2.75, 3.05) is 17.9 Å². The maximum Gasteiger partial charge on any atom is 0.264 e. The predicted octanol–water partition coefficient (Wildman–Crippen LogP) is 3.30. The van der Waals surface area contributed by atoms with Gasteiger partial charge in [-0.2, -0.15) is 0 Å². The Hall–Kier alpha value is -2.09. The second-order valence-electron chi connectivity index (χ2n) is 7.22. The van der Waals surface area contributed by atoms with Crippen molar-refractivity contribution in [3.63, 3.8) is 0 Å². The largest absolute Gasteiger partial charge is 0.391 e. The number of rotatable bonds is 6. The fourth-order valence-electron chi connectivity index (χ4n) is 3.60. The summed E-state index contributed by atoms with van der Waals surface area (Å²) in [4.78, 5) is 14.6. The van der Waals surface area contributed by atoms with E-state index in [0.717, 1.165) is 17.1 Å². The number of nitrogens with zero attached hydrogens (tertiary/aromatic N) is 2. The number of amides is 1. The molecule has 1 aliphatic rings. The third-order valence-electron chi connectivity index (χ3n) is 5.31. The van der Waals surface area contributed by atoms with Crippen molar-refractivity contribution >= 4 is 33.2 Å². The monoisotopic (exact) mass is 436 g/mol. The van der Waals surface area contributed by atoms with Gasteiger partial charge in [-0.15, -0.1) is 0 Å². The first-order chi connectivity index (χ1) is 13.8. The van der Waals surface area contributed by atoms with Gasteiger partial charge in [-0.3, -0.25) is 9.10 Å². The molecule has 1 amide bonds. The molecule has 2 unspecified atom stereocenters. The molecule has 0 spiro atoms. The molecule has 1 fully saturated rings. The Labute approximate surface area is 176 Å². The van der Waals surface area contributed by atoms with Gasteiger partial charge in [-0.25, -0.2) is 8.42 Å². The third kappa shape index (κ3) is 4.91. The molecule has 1 N–H and O–H groups in total. The molecule has 156 valence electrons. The highest BCUT2D eigenvalue weighted by Gasteiger charge is 2.33. The molecule has 1 aliphatic carbocycles. The minimum Gasteiger partial charge on any atom is -0.391 e. The number of halogens is 1. The molecule has 0 aliphatic heterocycles. The average Bonchev–Trinajstić information content (AvgIpc) is 2.73. The molecule has 2 atom stereocenters. The van der Waals surface area contributed by atoms with Crippen LogP contribution in [0.15, 0.2) is 59.5 Å². The van der Waals surface area contributed by atoms with Gasteiger partial charge in [0, 0.05) is 12.1 Å². The minimum atomic E-state index is -3.96. The van der Waals surface area contributed by atoms with Gasteiger partial charge < -0.3 is 10.0 Å². The molecule has 2 aromatic carbocycles. The summed E-state index contributed by atoms with van der Waals surface area (Å²) in [6.07, 6.45) is 2.62. The summed E-state index contributed by atoms with van der Waals surface area (Å²) in [5.74, 6) is -0.370. The van der Waals surface area contributed by atoms with Gasteiger partial charge in [0.15, 0.2) is 0 Å². The first-order valence-corrected chi connectivity index (χ1v) is 11.4. The summed E-state index contributed by atoms with van der Waals surface area (Å²) in [6.45, 7) is -0.363. The Morgan fingerprint density at radius 2 is 1.69 bits per heavy atom. The summed E-state index contributed by atoms with van der Waals surface area (Å²) in [6, 6.07) is 14.0. The number of aliphatic hydroxyl groups is 1. The molecule has 0 bridgehead atoms. The zero-order chi connectivity index (χ0) is 21.0. The van der Waals surface area contributed by atoms with Crippen molar-refractivity contribution in [1.82, 2.24) is 4.90 Å². The zero-order valence-electron chi connectivity index (χ0n) is 16.2. The number of hydrogen-bond donors (Lipinski definition) is 1. The van der Waals surface area contributed by atoms with Crippen LogP contribution in [0.4, 0.5) is 5.69 Å². The van der Waals surface area contributed by atoms with Gasteiger partial charge in [-0.1, -0.05) is 42.6 Å². The van der Waals surface area contributed by atoms with E-state index in [1.54, 1.807) is 49.5 Å². The highest BCUT2D eigenvalue weighted by molar-refractivity contribution is 7.92. The minimum absolute atomic E-state index is 0.100. The molecule has 0 aromatic heterocycles. The molecule has 0 saturated heterocycles. The SMILES string of the molecule is CN(C(=O)CN(c1ccc(Cl)cc1)S(=O)(=O)c1ccccc1)C1CCCCC1O. The van der Waals surface area contributed by atoms with E-state index in [2.05, 4.69) is 0 Å². The summed E-state index contributed by atoms with van der Waals surface area (Å²) < 4.78 is 27.7. The maximum absolute atomic E-state index is 13.3. The van der Waals surface area contributed by atoms with E-state index in [-0.39, 0.29) is 23.4 Å². The predicted molar refractivity (Wildman–Crippen MR) is 113 cm³/mol. The van der Waals surface area contributed by atoms with Crippen LogP contribution in [0.2, 0.25) is 5.02 Å². The number of aliphatic hydroxyl groups excluding tert-OH is 1. The second kappa shape index (κ2) is 9.15. The van der Waals surface area contributed by atoms with Gasteiger partial charge in [0.05, 0.1) is 22.7 Å². The molecule has 2 aromatic rings. The first kappa shape index (κ1) is 21.6. The Morgan fingerprint density at radius 1 is 1.07 bits per heavy atom. The summed E-state index contributed by atoms with van der Waals surface area (Å²) >= 11 is 5.95. The van der Waals surface area contributed by atoms with Crippen LogP contribution in [0.25, 0.3) is 0 Å². The van der Waals surface area contributed by atoms with Crippen LogP contribution in [0.5, 0.6) is 0 Å². The van der Waals surface area contributed by atoms with Crippen LogP contribution in [0, 0.1) is 0 Å². The van der Waals surface area contributed by atoms with Gasteiger partial charge in [-0.05, 0) is 49.2 Å². The van der Waals surface area contributed by atoms with Crippen molar-refractivity contribution in [2.45, 2.75) is 42.7 Å². The number of anilines is 1. The highest BCUT2D eigenvalue weighted by atomic mass is 35.5. The Balaban J connectivity index is 1.91. The van der Waals surface area contributed by atoms with Crippen molar-refractivity contribution in [3.05, 3.63) is 59.6 Å². The lowest BCUT2D eigenvalue weighted by molar-refractivity contribution is -0.133. The van der Waals surface area contributed by atoms with Gasteiger partial charge in [0.2, 0.25) is 5.91 Å². The topological polar surface area (TPSA) is 77.9 Å². The van der Waals surface area contributed by atoms with E-state index in [4.69, 9.17) is 11.6 Å². The van der Waals surface area contributed by atoms with E-state index >= 15 is 0 Å². The standard InChI is InChI=1S/C21H25ClN2O4S/c1-23(19-9-5-6-10-20(19)25)21(26)15-24(17-13-11-16(22)12-14-17)29(27,28)18-7-3-2-4-8-18/h2-4,7-8,11-14,19-20,25H,5-6,9-10,15H2,1H3. The summed E-state index contributed by atoms with van der Waals surface area (Å²) in [5, 5.41) is 10.7. The fraction of sp³-hybridized carbons (Fsp3) is 0.381. The molecule has 8 heteroatoms. The fourth-order valence-corrected chi connectivity index (χ4v) is 5.17. The Morgan fingerprint density at radius 3 is 2.31 bits per heavy atom. The van der Waals surface area contributed by atoms with E-state index in [1.807, 2.05) is 0 Å². The number of benzene rings is 2. The van der Waals surface area contributed by atoms with E-state index in [0.29, 0.717) is 23.6 Å². The van der Waals surface area contributed by atoms with Crippen molar-refractivity contribution in [2.24, 2.45) is 0 Å². The molecule has 0 radical (unpaired) electrons. The Bertz CT molecular complexity index is 935. The first-order valence-electron chi connectivity index (χ1n) is 9.58. The van der Waals surface area contributed by atoms with Gasteiger partial charge >= 0.3 is 0 Å². The van der Waals surface area contributed by atoms with Crippen LogP contribution in [-0.4, -0.2) is 50.1 Å². The molecular formula is C21H25ClN2O4S. The Kier molecular flexibility index (Phi) is 6.82. The van der Waals surface area contributed by atoms with E-state index in [9.17, 15) is 18.3 Å². The molecular weight excluding hydrogens is 412 g/mol. The highest BCUT2D eigenvalue weighted by Crippen LogP contribution is 2.27. The lowest BCUT2D eigenvalue weighted by Crippen LogP contribution is -2.50. The molecule has 1 saturated carbocycles. The van der Waals surface area contributed by atoms with Crippen LogP contribution >= 0.6 is 11.6 Å².